The van der Waals surface area contributed by atoms with Gasteiger partial charge in [-0.25, -0.2) is 0 Å². The highest BCUT2D eigenvalue weighted by molar-refractivity contribution is 8.00. The predicted octanol–water partition coefficient (Wildman–Crippen LogP) is 2.01. The van der Waals surface area contributed by atoms with E-state index in [1.807, 2.05) is 12.1 Å². The number of thiazole rings is 1. The van der Waals surface area contributed by atoms with Crippen LogP contribution in [0.2, 0.25) is 0 Å². The molecule has 1 aliphatic rings. The zero-order chi connectivity index (χ0) is 18.8. The molecule has 1 aliphatic heterocycles. The first kappa shape index (κ1) is 18.5. The number of carbonyl (C=O) groups is 2. The van der Waals surface area contributed by atoms with E-state index >= 15 is 0 Å². The van der Waals surface area contributed by atoms with Crippen molar-refractivity contribution in [2.75, 3.05) is 21.3 Å². The lowest BCUT2D eigenvalue weighted by Gasteiger charge is -2.34. The summed E-state index contributed by atoms with van der Waals surface area (Å²) in [6.07, 6.45) is 0. The van der Waals surface area contributed by atoms with Crippen LogP contribution in [0.3, 0.4) is 0 Å². The number of fused-ring (bicyclic) bond motifs is 1. The van der Waals surface area contributed by atoms with E-state index in [1.165, 1.54) is 14.2 Å². The molecule has 3 rings (SSSR count). The summed E-state index contributed by atoms with van der Waals surface area (Å²) < 4.78 is 15.0. The van der Waals surface area contributed by atoms with E-state index in [2.05, 4.69) is 4.98 Å². The van der Waals surface area contributed by atoms with Crippen LogP contribution in [0.4, 0.5) is 0 Å². The van der Waals surface area contributed by atoms with Crippen LogP contribution < -0.4 is 9.61 Å². The summed E-state index contributed by atoms with van der Waals surface area (Å²) >= 11 is 2.16. The number of carbonyl (C=O) groups excluding carboxylic acids is 2. The molecule has 0 unspecified atom stereocenters. The minimum absolute atomic E-state index is 0.241. The van der Waals surface area contributed by atoms with Gasteiger partial charge in [0.2, 0.25) is 0 Å². The van der Waals surface area contributed by atoms with Crippen molar-refractivity contribution in [3.05, 3.63) is 44.4 Å². The average molecular weight is 395 g/mol. The number of hydrogen-bond donors (Lipinski definition) is 1. The highest BCUT2D eigenvalue weighted by Crippen LogP contribution is 2.49. The summed E-state index contributed by atoms with van der Waals surface area (Å²) in [4.78, 5) is 40.0. The van der Waals surface area contributed by atoms with Crippen LogP contribution in [0.1, 0.15) is 16.4 Å². The molecule has 1 N–H and O–H groups in total. The number of methoxy groups -OCH3 is 3. The van der Waals surface area contributed by atoms with Crippen molar-refractivity contribution in [2.45, 2.75) is 16.2 Å². The van der Waals surface area contributed by atoms with Gasteiger partial charge in [0.25, 0.3) is 0 Å². The summed E-state index contributed by atoms with van der Waals surface area (Å²) in [7, 11) is 4.11. The van der Waals surface area contributed by atoms with E-state index in [-0.39, 0.29) is 4.87 Å². The predicted molar refractivity (Wildman–Crippen MR) is 96.9 cm³/mol. The minimum Gasteiger partial charge on any atom is -0.497 e. The summed E-state index contributed by atoms with van der Waals surface area (Å²) in [5.74, 6) is -1.72. The lowest BCUT2D eigenvalue weighted by atomic mass is 9.82. The Balaban J connectivity index is 2.17. The normalized spacial score (nSPS) is 21.6. The number of aromatic amines is 1. The average Bonchev–Trinajstić information content (AvgIpc) is 3.05. The quantitative estimate of drug-likeness (QED) is 0.792. The molecule has 2 aromatic rings. The number of benzene rings is 1. The molecule has 9 heteroatoms. The van der Waals surface area contributed by atoms with Crippen molar-refractivity contribution in [3.63, 3.8) is 0 Å². The first-order valence-electron chi connectivity index (χ1n) is 7.69. The molecule has 0 amide bonds. The Morgan fingerprint density at radius 3 is 2.27 bits per heavy atom. The smallest absolute Gasteiger partial charge is 0.320 e. The molecule has 1 aromatic carbocycles. The zero-order valence-electron chi connectivity index (χ0n) is 14.3. The molecular formula is C17H17NO6S2. The van der Waals surface area contributed by atoms with Gasteiger partial charge in [-0.2, -0.15) is 0 Å². The maximum atomic E-state index is 12.6. The Bertz CT molecular complexity index is 872. The van der Waals surface area contributed by atoms with Gasteiger partial charge in [-0.15, -0.1) is 0 Å². The van der Waals surface area contributed by atoms with E-state index < -0.39 is 29.0 Å². The van der Waals surface area contributed by atoms with Crippen molar-refractivity contribution in [3.8, 4) is 5.75 Å². The lowest BCUT2D eigenvalue weighted by molar-refractivity contribution is -0.151. The van der Waals surface area contributed by atoms with Gasteiger partial charge in [-0.05, 0) is 17.7 Å². The Labute approximate surface area is 157 Å². The van der Waals surface area contributed by atoms with E-state index in [1.54, 1.807) is 19.2 Å². The van der Waals surface area contributed by atoms with Gasteiger partial charge in [-0.1, -0.05) is 35.2 Å². The van der Waals surface area contributed by atoms with Gasteiger partial charge in [0.1, 0.15) is 11.0 Å². The van der Waals surface area contributed by atoms with Crippen LogP contribution in [0.15, 0.2) is 34.1 Å². The Kier molecular flexibility index (Phi) is 5.38. The topological polar surface area (TPSA) is 94.7 Å². The van der Waals surface area contributed by atoms with Crippen molar-refractivity contribution in [1.82, 2.24) is 4.98 Å². The highest BCUT2D eigenvalue weighted by Gasteiger charge is 2.48. The molecule has 2 heterocycles. The number of hydrogen-bond acceptors (Lipinski definition) is 8. The monoisotopic (exact) mass is 395 g/mol. The maximum Gasteiger partial charge on any atom is 0.320 e. The number of aromatic nitrogens is 1. The SMILES string of the molecule is COC(=O)[C@@H]1[C@@H](c2ccc(OC)cc2)c2sc(=O)[nH]c2S[C@H]1C(=O)OC. The summed E-state index contributed by atoms with van der Waals surface area (Å²) in [5.41, 5.74) is 0.784. The Morgan fingerprint density at radius 1 is 1.04 bits per heavy atom. The molecule has 138 valence electrons. The fraction of sp³-hybridized carbons (Fsp3) is 0.353. The molecule has 0 fully saturated rings. The van der Waals surface area contributed by atoms with Gasteiger partial charge < -0.3 is 19.2 Å². The first-order valence-corrected chi connectivity index (χ1v) is 9.39. The summed E-state index contributed by atoms with van der Waals surface area (Å²) in [6, 6.07) is 7.18. The molecule has 26 heavy (non-hydrogen) atoms. The van der Waals surface area contributed by atoms with Crippen molar-refractivity contribution >= 4 is 35.0 Å². The van der Waals surface area contributed by atoms with E-state index in [4.69, 9.17) is 14.2 Å². The van der Waals surface area contributed by atoms with E-state index in [0.29, 0.717) is 15.7 Å². The maximum absolute atomic E-state index is 12.6. The van der Waals surface area contributed by atoms with Gasteiger partial charge in [0, 0.05) is 10.8 Å². The third-order valence-electron chi connectivity index (χ3n) is 4.24. The third-order valence-corrected chi connectivity index (χ3v) is 6.63. The van der Waals surface area contributed by atoms with Crippen LogP contribution >= 0.6 is 23.1 Å². The molecule has 1 aromatic heterocycles. The van der Waals surface area contributed by atoms with Crippen LogP contribution in [0.25, 0.3) is 0 Å². The Hall–Kier alpha value is -2.26. The molecule has 0 radical (unpaired) electrons. The van der Waals surface area contributed by atoms with Crippen LogP contribution in [0.5, 0.6) is 5.75 Å². The molecule has 0 aliphatic carbocycles. The largest absolute Gasteiger partial charge is 0.497 e. The second kappa shape index (κ2) is 7.55. The summed E-state index contributed by atoms with van der Waals surface area (Å²) in [5, 5.41) is -0.242. The number of H-pyrrole nitrogens is 1. The highest BCUT2D eigenvalue weighted by atomic mass is 32.2. The van der Waals surface area contributed by atoms with Gasteiger partial charge >= 0.3 is 16.8 Å². The third kappa shape index (κ3) is 3.24. The minimum atomic E-state index is -0.822. The van der Waals surface area contributed by atoms with Crippen molar-refractivity contribution in [2.24, 2.45) is 5.92 Å². The molecule has 0 spiro atoms. The first-order chi connectivity index (χ1) is 12.5. The van der Waals surface area contributed by atoms with Crippen LogP contribution in [-0.2, 0) is 19.1 Å². The zero-order valence-corrected chi connectivity index (χ0v) is 15.9. The summed E-state index contributed by atoms with van der Waals surface area (Å²) in [6.45, 7) is 0. The molecule has 0 saturated heterocycles. The molecule has 3 atom stereocenters. The van der Waals surface area contributed by atoms with Crippen molar-refractivity contribution < 1.29 is 23.8 Å². The fourth-order valence-corrected chi connectivity index (χ4v) is 5.53. The van der Waals surface area contributed by atoms with Crippen LogP contribution in [0, 0.1) is 5.92 Å². The van der Waals surface area contributed by atoms with Crippen LogP contribution in [-0.4, -0.2) is 43.5 Å². The van der Waals surface area contributed by atoms with Gasteiger partial charge in [-0.3, -0.25) is 14.4 Å². The van der Waals surface area contributed by atoms with Gasteiger partial charge in [0.05, 0.1) is 32.3 Å². The second-order valence-corrected chi connectivity index (χ2v) is 7.74. The number of esters is 2. The number of rotatable bonds is 4. The molecule has 7 nitrogen and oxygen atoms in total. The fourth-order valence-electron chi connectivity index (χ4n) is 3.03. The van der Waals surface area contributed by atoms with E-state index in [0.717, 1.165) is 28.7 Å². The standard InChI is InChI=1S/C17H17NO6S2/c1-22-9-6-4-8(5-7-9)10-11(15(19)23-2)13(16(20)24-3)25-14-12(10)26-17(21)18-14/h4-7,10-11,13H,1-3H3,(H,18,21)/t10-,11-,13-/m1/s1. The Morgan fingerprint density at radius 2 is 1.69 bits per heavy atom. The molecule has 0 saturated carbocycles. The second-order valence-electron chi connectivity index (χ2n) is 5.57. The molecular weight excluding hydrogens is 378 g/mol. The van der Waals surface area contributed by atoms with Gasteiger partial charge in [0.15, 0.2) is 0 Å². The lowest BCUT2D eigenvalue weighted by Crippen LogP contribution is -2.40. The number of ether oxygens (including phenoxy) is 3. The number of nitrogens with one attached hydrogen (secondary N) is 1. The number of thioether (sulfide) groups is 1. The molecule has 0 bridgehead atoms. The van der Waals surface area contributed by atoms with Crippen molar-refractivity contribution in [1.29, 1.82) is 0 Å². The van der Waals surface area contributed by atoms with E-state index in [9.17, 15) is 14.4 Å².